The number of carbonyl (C=O) groups excluding carboxylic acids is 2. The maximum atomic E-state index is 12.3. The average molecular weight is 322 g/mol. The molecule has 6 nitrogen and oxygen atoms in total. The summed E-state index contributed by atoms with van der Waals surface area (Å²) in [7, 11) is 0. The van der Waals surface area contributed by atoms with Gasteiger partial charge in [-0.3, -0.25) is 14.4 Å². The first-order valence-electron chi connectivity index (χ1n) is 7.23. The molecule has 1 amide bonds. The van der Waals surface area contributed by atoms with E-state index < -0.39 is 11.3 Å². The number of pyridine rings is 1. The summed E-state index contributed by atoms with van der Waals surface area (Å²) in [6, 6.07) is 13.4. The van der Waals surface area contributed by atoms with Gasteiger partial charge < -0.3 is 15.4 Å². The lowest BCUT2D eigenvalue weighted by atomic mass is 10.1. The Morgan fingerprint density at radius 2 is 1.79 bits per heavy atom. The number of ketones is 1. The quantitative estimate of drug-likeness (QED) is 0.646. The van der Waals surface area contributed by atoms with Crippen molar-refractivity contribution in [2.24, 2.45) is 0 Å². The van der Waals surface area contributed by atoms with Crippen molar-refractivity contribution in [1.82, 2.24) is 4.98 Å². The Hall–Kier alpha value is -3.41. The number of H-pyrrole nitrogens is 1. The highest BCUT2D eigenvalue weighted by molar-refractivity contribution is 6.07. The Labute approximate surface area is 136 Å². The summed E-state index contributed by atoms with van der Waals surface area (Å²) in [6.45, 7) is 1.21. The number of fused-ring (bicyclic) bond motifs is 1. The largest absolute Gasteiger partial charge is 0.506 e. The lowest BCUT2D eigenvalue weighted by Gasteiger charge is -2.08. The van der Waals surface area contributed by atoms with Crippen LogP contribution in [0.1, 0.15) is 27.6 Å². The molecule has 0 aliphatic rings. The molecule has 0 fully saturated rings. The molecule has 3 rings (SSSR count). The molecule has 0 unspecified atom stereocenters. The van der Waals surface area contributed by atoms with Crippen molar-refractivity contribution in [3.8, 4) is 5.75 Å². The van der Waals surface area contributed by atoms with Crippen LogP contribution in [0.5, 0.6) is 5.75 Å². The van der Waals surface area contributed by atoms with Crippen LogP contribution in [0.2, 0.25) is 0 Å². The van der Waals surface area contributed by atoms with Gasteiger partial charge in [0.1, 0.15) is 11.3 Å². The van der Waals surface area contributed by atoms with E-state index in [2.05, 4.69) is 10.3 Å². The molecule has 1 heterocycles. The number of para-hydroxylation sites is 1. The van der Waals surface area contributed by atoms with Crippen LogP contribution in [0, 0.1) is 0 Å². The Bertz CT molecular complexity index is 1010. The molecule has 0 radical (unpaired) electrons. The first-order valence-corrected chi connectivity index (χ1v) is 7.23. The lowest BCUT2D eigenvalue weighted by Crippen LogP contribution is -2.17. The molecule has 1 aromatic heterocycles. The van der Waals surface area contributed by atoms with Crippen LogP contribution in [0.15, 0.2) is 53.3 Å². The molecule has 0 spiro atoms. The molecule has 24 heavy (non-hydrogen) atoms. The molecule has 3 aromatic rings. The SMILES string of the molecule is CC(=O)c1c(O)c2ccc(C(=O)Nc3ccccc3)cc2[nH]c1=O. The topological polar surface area (TPSA) is 99.3 Å². The van der Waals surface area contributed by atoms with Crippen molar-refractivity contribution in [3.05, 3.63) is 70.0 Å². The lowest BCUT2D eigenvalue weighted by molar-refractivity contribution is 0.100. The summed E-state index contributed by atoms with van der Waals surface area (Å²) in [6.07, 6.45) is 0. The number of nitrogens with one attached hydrogen (secondary N) is 2. The fourth-order valence-corrected chi connectivity index (χ4v) is 2.47. The van der Waals surface area contributed by atoms with Gasteiger partial charge in [-0.25, -0.2) is 0 Å². The van der Waals surface area contributed by atoms with Crippen molar-refractivity contribution in [2.45, 2.75) is 6.92 Å². The molecule has 6 heteroatoms. The van der Waals surface area contributed by atoms with Crippen molar-refractivity contribution in [2.75, 3.05) is 5.32 Å². The summed E-state index contributed by atoms with van der Waals surface area (Å²) < 4.78 is 0. The predicted molar refractivity (Wildman–Crippen MR) is 90.6 cm³/mol. The average Bonchev–Trinajstić information content (AvgIpc) is 2.54. The van der Waals surface area contributed by atoms with Gasteiger partial charge in [-0.05, 0) is 37.3 Å². The monoisotopic (exact) mass is 322 g/mol. The Morgan fingerprint density at radius 1 is 1.08 bits per heavy atom. The highest BCUT2D eigenvalue weighted by atomic mass is 16.3. The van der Waals surface area contributed by atoms with Gasteiger partial charge in [0.25, 0.3) is 11.5 Å². The van der Waals surface area contributed by atoms with Crippen molar-refractivity contribution < 1.29 is 14.7 Å². The third kappa shape index (κ3) is 2.77. The normalized spacial score (nSPS) is 10.5. The van der Waals surface area contributed by atoms with Crippen molar-refractivity contribution >= 4 is 28.3 Å². The van der Waals surface area contributed by atoms with Gasteiger partial charge in [0, 0.05) is 16.6 Å². The zero-order valence-electron chi connectivity index (χ0n) is 12.8. The Morgan fingerprint density at radius 3 is 2.46 bits per heavy atom. The number of rotatable bonds is 3. The highest BCUT2D eigenvalue weighted by Gasteiger charge is 2.17. The summed E-state index contributed by atoms with van der Waals surface area (Å²) >= 11 is 0. The van der Waals surface area contributed by atoms with Crippen LogP contribution >= 0.6 is 0 Å². The molecule has 3 N–H and O–H groups in total. The van der Waals surface area contributed by atoms with Crippen LogP contribution < -0.4 is 10.9 Å². The van der Waals surface area contributed by atoms with Gasteiger partial charge in [0.15, 0.2) is 5.78 Å². The maximum absolute atomic E-state index is 12.3. The minimum atomic E-state index is -0.687. The number of amides is 1. The number of carbonyl (C=O) groups is 2. The zero-order valence-corrected chi connectivity index (χ0v) is 12.8. The summed E-state index contributed by atoms with van der Waals surface area (Å²) in [5, 5.41) is 13.2. The van der Waals surface area contributed by atoms with Crippen LogP contribution in [-0.4, -0.2) is 21.8 Å². The third-order valence-corrected chi connectivity index (χ3v) is 3.63. The Balaban J connectivity index is 2.03. The number of aromatic amines is 1. The van der Waals surface area contributed by atoms with E-state index in [-0.39, 0.29) is 22.7 Å². The molecule has 0 saturated heterocycles. The third-order valence-electron chi connectivity index (χ3n) is 3.63. The second-order valence-electron chi connectivity index (χ2n) is 5.31. The smallest absolute Gasteiger partial charge is 0.263 e. The van der Waals surface area contributed by atoms with E-state index in [1.165, 1.54) is 25.1 Å². The van der Waals surface area contributed by atoms with E-state index in [1.807, 2.05) is 6.07 Å². The summed E-state index contributed by atoms with van der Waals surface area (Å²) in [4.78, 5) is 38.2. The second-order valence-corrected chi connectivity index (χ2v) is 5.31. The molecule has 2 aromatic carbocycles. The second kappa shape index (κ2) is 6.00. The number of anilines is 1. The van der Waals surface area contributed by atoms with Gasteiger partial charge in [-0.15, -0.1) is 0 Å². The molecular weight excluding hydrogens is 308 g/mol. The molecule has 120 valence electrons. The highest BCUT2D eigenvalue weighted by Crippen LogP contribution is 2.26. The van der Waals surface area contributed by atoms with E-state index in [0.29, 0.717) is 16.6 Å². The van der Waals surface area contributed by atoms with E-state index in [1.54, 1.807) is 24.3 Å². The Kier molecular flexibility index (Phi) is 3.87. The van der Waals surface area contributed by atoms with Crippen molar-refractivity contribution in [3.63, 3.8) is 0 Å². The van der Waals surface area contributed by atoms with E-state index in [9.17, 15) is 19.5 Å². The molecule has 0 atom stereocenters. The predicted octanol–water partition coefficient (Wildman–Crippen LogP) is 2.69. The van der Waals surface area contributed by atoms with Crippen LogP contribution in [-0.2, 0) is 0 Å². The number of Topliss-reactive ketones (excluding diaryl/α,β-unsaturated/α-hetero) is 1. The number of hydrogen-bond donors (Lipinski definition) is 3. The fourth-order valence-electron chi connectivity index (χ4n) is 2.47. The minimum Gasteiger partial charge on any atom is -0.506 e. The summed E-state index contributed by atoms with van der Waals surface area (Å²) in [5.74, 6) is -1.25. The van der Waals surface area contributed by atoms with E-state index in [4.69, 9.17) is 0 Å². The van der Waals surface area contributed by atoms with Gasteiger partial charge in [-0.2, -0.15) is 0 Å². The first-order chi connectivity index (χ1) is 11.5. The fraction of sp³-hybridized carbons (Fsp3) is 0.0556. The van der Waals surface area contributed by atoms with E-state index >= 15 is 0 Å². The number of aromatic nitrogens is 1. The van der Waals surface area contributed by atoms with Crippen LogP contribution in [0.25, 0.3) is 10.9 Å². The summed E-state index contributed by atoms with van der Waals surface area (Å²) in [5.41, 5.74) is 0.267. The van der Waals surface area contributed by atoms with Gasteiger partial charge >= 0.3 is 0 Å². The molecular formula is C18H14N2O4. The van der Waals surface area contributed by atoms with E-state index in [0.717, 1.165) is 0 Å². The zero-order chi connectivity index (χ0) is 17.3. The van der Waals surface area contributed by atoms with Crippen LogP contribution in [0.4, 0.5) is 5.69 Å². The minimum absolute atomic E-state index is 0.281. The number of hydrogen-bond acceptors (Lipinski definition) is 4. The maximum Gasteiger partial charge on any atom is 0.263 e. The first kappa shape index (κ1) is 15.5. The molecule has 0 bridgehead atoms. The molecule has 0 saturated carbocycles. The molecule has 0 aliphatic heterocycles. The standard InChI is InChI=1S/C18H14N2O4/c1-10(21)15-16(22)13-8-7-11(9-14(13)20-18(15)24)17(23)19-12-5-3-2-4-6-12/h2-9H,1H3,(H,19,23)(H2,20,22,24). The molecule has 0 aliphatic carbocycles. The van der Waals surface area contributed by atoms with Gasteiger partial charge in [0.2, 0.25) is 0 Å². The van der Waals surface area contributed by atoms with Gasteiger partial charge in [0.05, 0.1) is 5.52 Å². The van der Waals surface area contributed by atoms with Gasteiger partial charge in [-0.1, -0.05) is 18.2 Å². The number of benzene rings is 2. The van der Waals surface area contributed by atoms with Crippen LogP contribution in [0.3, 0.4) is 0 Å². The van der Waals surface area contributed by atoms with Crippen molar-refractivity contribution in [1.29, 1.82) is 0 Å². The number of aromatic hydroxyl groups is 1.